The van der Waals surface area contributed by atoms with Crippen LogP contribution in [0.2, 0.25) is 0 Å². The lowest BCUT2D eigenvalue weighted by Crippen LogP contribution is -2.37. The first-order valence-corrected chi connectivity index (χ1v) is 7.02. The predicted molar refractivity (Wildman–Crippen MR) is 46.8 cm³/mol. The van der Waals surface area contributed by atoms with Gasteiger partial charge in [-0.05, 0) is 0 Å². The molecule has 128 valence electrons. The molecular formula is C5H4F8O6S2. The lowest BCUT2D eigenvalue weighted by Gasteiger charge is -2.17. The Kier molecular flexibility index (Phi) is 5.60. The summed E-state index contributed by atoms with van der Waals surface area (Å²) >= 11 is 0. The van der Waals surface area contributed by atoms with E-state index in [0.717, 1.165) is 0 Å². The molecule has 16 heteroatoms. The van der Waals surface area contributed by atoms with Crippen molar-refractivity contribution >= 4 is 20.2 Å². The summed E-state index contributed by atoms with van der Waals surface area (Å²) in [6.07, 6.45) is 0. The van der Waals surface area contributed by atoms with Crippen LogP contribution in [0.25, 0.3) is 0 Å². The van der Waals surface area contributed by atoms with Gasteiger partial charge in [-0.3, -0.25) is 8.37 Å². The molecule has 0 aromatic heterocycles. The van der Waals surface area contributed by atoms with Crippen LogP contribution in [0.4, 0.5) is 35.1 Å². The number of rotatable bonds is 6. The molecule has 0 saturated heterocycles. The molecule has 0 saturated carbocycles. The molecule has 0 rings (SSSR count). The molecule has 0 aromatic rings. The van der Waals surface area contributed by atoms with Gasteiger partial charge in [0.1, 0.15) is 13.2 Å². The van der Waals surface area contributed by atoms with Crippen molar-refractivity contribution in [3.63, 3.8) is 0 Å². The molecule has 0 aliphatic rings. The first-order chi connectivity index (χ1) is 8.91. The van der Waals surface area contributed by atoms with Crippen LogP contribution in [0.1, 0.15) is 0 Å². The summed E-state index contributed by atoms with van der Waals surface area (Å²) in [5, 5.41) is 0. The van der Waals surface area contributed by atoms with Crippen molar-refractivity contribution in [2.45, 2.75) is 16.9 Å². The average molecular weight is 376 g/mol. The Morgan fingerprint density at radius 1 is 0.619 bits per heavy atom. The van der Waals surface area contributed by atoms with E-state index < -0.39 is 50.4 Å². The molecule has 0 aliphatic heterocycles. The maximum absolute atomic E-state index is 12.7. The Morgan fingerprint density at radius 2 is 0.857 bits per heavy atom. The van der Waals surface area contributed by atoms with Gasteiger partial charge in [0.05, 0.1) is 0 Å². The van der Waals surface area contributed by atoms with Gasteiger partial charge in [0, 0.05) is 0 Å². The van der Waals surface area contributed by atoms with E-state index >= 15 is 0 Å². The maximum Gasteiger partial charge on any atom is 0.523 e. The topological polar surface area (TPSA) is 86.7 Å². The van der Waals surface area contributed by atoms with Crippen molar-refractivity contribution in [2.24, 2.45) is 0 Å². The van der Waals surface area contributed by atoms with E-state index in [1.165, 1.54) is 0 Å². The van der Waals surface area contributed by atoms with Crippen molar-refractivity contribution < 1.29 is 60.3 Å². The second-order valence-electron chi connectivity index (χ2n) is 3.18. The Hall–Kier alpha value is -0.740. The summed E-state index contributed by atoms with van der Waals surface area (Å²) in [6, 6.07) is 0. The molecule has 21 heavy (non-hydrogen) atoms. The molecule has 0 aliphatic carbocycles. The SMILES string of the molecule is O=S(=O)(OCC(F)(F)COS(=O)(=O)C(F)(F)F)C(F)(F)F. The van der Waals surface area contributed by atoms with E-state index in [1.54, 1.807) is 0 Å². The van der Waals surface area contributed by atoms with Gasteiger partial charge in [0.2, 0.25) is 0 Å². The van der Waals surface area contributed by atoms with Crippen LogP contribution in [0, 0.1) is 0 Å². The van der Waals surface area contributed by atoms with Crippen molar-refractivity contribution in [3.8, 4) is 0 Å². The maximum atomic E-state index is 12.7. The third kappa shape index (κ3) is 5.87. The van der Waals surface area contributed by atoms with Gasteiger partial charge in [-0.2, -0.15) is 43.2 Å². The van der Waals surface area contributed by atoms with E-state index in [4.69, 9.17) is 0 Å². The van der Waals surface area contributed by atoms with Crippen molar-refractivity contribution in [3.05, 3.63) is 0 Å². The fourth-order valence-corrected chi connectivity index (χ4v) is 1.43. The molecule has 6 nitrogen and oxygen atoms in total. The highest BCUT2D eigenvalue weighted by molar-refractivity contribution is 7.87. The van der Waals surface area contributed by atoms with E-state index in [1.807, 2.05) is 0 Å². The first-order valence-electron chi connectivity index (χ1n) is 4.20. The Labute approximate surface area is 111 Å². The number of hydrogen-bond donors (Lipinski definition) is 0. The van der Waals surface area contributed by atoms with Gasteiger partial charge in [0.15, 0.2) is 0 Å². The minimum absolute atomic E-state index is 2.57. The summed E-state index contributed by atoms with van der Waals surface area (Å²) < 4.78 is 142. The normalized spacial score (nSPS) is 15.2. The van der Waals surface area contributed by atoms with Gasteiger partial charge in [-0.15, -0.1) is 0 Å². The van der Waals surface area contributed by atoms with E-state index in [-0.39, 0.29) is 0 Å². The van der Waals surface area contributed by atoms with Crippen LogP contribution in [0.15, 0.2) is 0 Å². The van der Waals surface area contributed by atoms with Gasteiger partial charge in [0.25, 0.3) is 5.92 Å². The third-order valence-corrected chi connectivity index (χ3v) is 3.41. The van der Waals surface area contributed by atoms with Crippen LogP contribution >= 0.6 is 0 Å². The zero-order valence-electron chi connectivity index (χ0n) is 9.20. The quantitative estimate of drug-likeness (QED) is 0.395. The molecular weight excluding hydrogens is 372 g/mol. The van der Waals surface area contributed by atoms with Gasteiger partial charge in [-0.25, -0.2) is 8.78 Å². The lowest BCUT2D eigenvalue weighted by molar-refractivity contribution is -0.0946. The van der Waals surface area contributed by atoms with Crippen LogP contribution in [0.3, 0.4) is 0 Å². The van der Waals surface area contributed by atoms with Crippen LogP contribution < -0.4 is 0 Å². The van der Waals surface area contributed by atoms with Crippen molar-refractivity contribution in [1.29, 1.82) is 0 Å². The fourth-order valence-electron chi connectivity index (χ4n) is 0.503. The molecule has 0 radical (unpaired) electrons. The van der Waals surface area contributed by atoms with Gasteiger partial charge < -0.3 is 0 Å². The Balaban J connectivity index is 4.76. The van der Waals surface area contributed by atoms with Gasteiger partial charge >= 0.3 is 31.3 Å². The fraction of sp³-hybridized carbons (Fsp3) is 1.00. The second kappa shape index (κ2) is 5.81. The standard InChI is InChI=1S/C5H4F8O6S2/c6-3(7,1-18-20(14,15)4(8,9)10)2-19-21(16,17)5(11,12)13/h1-2H2. The zero-order valence-corrected chi connectivity index (χ0v) is 10.8. The zero-order chi connectivity index (χ0) is 17.3. The molecule has 0 atom stereocenters. The van der Waals surface area contributed by atoms with Crippen LogP contribution in [0.5, 0.6) is 0 Å². The summed E-state index contributed by atoms with van der Waals surface area (Å²) in [7, 11) is -12.8. The van der Waals surface area contributed by atoms with Crippen molar-refractivity contribution in [2.75, 3.05) is 13.2 Å². The van der Waals surface area contributed by atoms with Crippen molar-refractivity contribution in [1.82, 2.24) is 0 Å². The molecule has 0 aromatic carbocycles. The smallest absolute Gasteiger partial charge is 0.257 e. The van der Waals surface area contributed by atoms with Crippen LogP contribution in [-0.4, -0.2) is 47.0 Å². The molecule has 0 heterocycles. The Morgan fingerprint density at radius 3 is 1.05 bits per heavy atom. The minimum Gasteiger partial charge on any atom is -0.257 e. The molecule has 0 bridgehead atoms. The molecule has 0 spiro atoms. The summed E-state index contributed by atoms with van der Waals surface area (Å²) in [5.74, 6) is -4.75. The first kappa shape index (κ1) is 20.3. The average Bonchev–Trinajstić information content (AvgIpc) is 2.21. The highest BCUT2D eigenvalue weighted by atomic mass is 32.2. The predicted octanol–water partition coefficient (Wildman–Crippen LogP) is 1.35. The third-order valence-electron chi connectivity index (χ3n) is 1.42. The number of halogens is 8. The number of alkyl halides is 8. The number of hydrogen-bond acceptors (Lipinski definition) is 6. The Bertz CT molecular complexity index is 507. The van der Waals surface area contributed by atoms with E-state index in [0.29, 0.717) is 0 Å². The highest BCUT2D eigenvalue weighted by Crippen LogP contribution is 2.29. The highest BCUT2D eigenvalue weighted by Gasteiger charge is 2.51. The monoisotopic (exact) mass is 376 g/mol. The molecule has 0 fully saturated rings. The van der Waals surface area contributed by atoms with E-state index in [9.17, 15) is 52.0 Å². The summed E-state index contributed by atoms with van der Waals surface area (Å²) in [6.45, 7) is -5.13. The lowest BCUT2D eigenvalue weighted by atomic mass is 10.4. The second-order valence-corrected chi connectivity index (χ2v) is 6.39. The summed E-state index contributed by atoms with van der Waals surface area (Å²) in [4.78, 5) is 0. The summed E-state index contributed by atoms with van der Waals surface area (Å²) in [5.41, 5.74) is -12.1. The largest absolute Gasteiger partial charge is 0.523 e. The van der Waals surface area contributed by atoms with Crippen LogP contribution in [-0.2, 0) is 28.6 Å². The molecule has 0 N–H and O–H groups in total. The molecule has 0 unspecified atom stereocenters. The van der Waals surface area contributed by atoms with Gasteiger partial charge in [-0.1, -0.05) is 0 Å². The van der Waals surface area contributed by atoms with E-state index in [2.05, 4.69) is 8.37 Å². The minimum atomic E-state index is -6.42. The molecule has 0 amide bonds.